The molecular formula is C18H26N2O5. The zero-order chi connectivity index (χ0) is 17.4. The van der Waals surface area contributed by atoms with E-state index in [1.165, 1.54) is 6.26 Å². The molecule has 0 bridgehead atoms. The molecule has 0 aromatic carbocycles. The Labute approximate surface area is 147 Å². The van der Waals surface area contributed by atoms with E-state index in [1.807, 2.05) is 6.07 Å². The Bertz CT molecular complexity index is 607. The van der Waals surface area contributed by atoms with Gasteiger partial charge < -0.3 is 24.3 Å². The Kier molecular flexibility index (Phi) is 4.58. The fourth-order valence-electron chi connectivity index (χ4n) is 4.27. The highest BCUT2D eigenvalue weighted by Gasteiger charge is 2.55. The molecule has 3 heterocycles. The molecule has 3 aliphatic rings. The van der Waals surface area contributed by atoms with Crippen LogP contribution in [-0.4, -0.2) is 77.5 Å². The summed E-state index contributed by atoms with van der Waals surface area (Å²) in [5.74, 6) is 0.763. The van der Waals surface area contributed by atoms with E-state index in [4.69, 9.17) is 9.15 Å². The first-order valence-corrected chi connectivity index (χ1v) is 9.11. The number of likely N-dealkylation sites (tertiary alicyclic amines) is 1. The summed E-state index contributed by atoms with van der Waals surface area (Å²) >= 11 is 0. The van der Waals surface area contributed by atoms with Crippen LogP contribution in [0.3, 0.4) is 0 Å². The van der Waals surface area contributed by atoms with Crippen LogP contribution in [0.25, 0.3) is 0 Å². The van der Waals surface area contributed by atoms with E-state index in [9.17, 15) is 15.0 Å². The second-order valence-electron chi connectivity index (χ2n) is 7.48. The monoisotopic (exact) mass is 350 g/mol. The molecule has 1 amide bonds. The van der Waals surface area contributed by atoms with Crippen molar-refractivity contribution >= 4 is 5.91 Å². The first-order chi connectivity index (χ1) is 12.1. The molecule has 4 rings (SSSR count). The minimum Gasteiger partial charge on any atom is -0.467 e. The molecule has 3 fully saturated rings. The number of hydrogen-bond acceptors (Lipinski definition) is 6. The zero-order valence-corrected chi connectivity index (χ0v) is 14.4. The predicted octanol–water partition coefficient (Wildman–Crippen LogP) is 0.460. The molecule has 7 heteroatoms. The Balaban J connectivity index is 1.34. The van der Waals surface area contributed by atoms with Gasteiger partial charge in [0.05, 0.1) is 37.5 Å². The molecule has 0 radical (unpaired) electrons. The summed E-state index contributed by atoms with van der Waals surface area (Å²) < 4.78 is 10.9. The molecule has 1 aromatic heterocycles. The van der Waals surface area contributed by atoms with Crippen LogP contribution >= 0.6 is 0 Å². The Morgan fingerprint density at radius 3 is 2.48 bits per heavy atom. The number of carbonyl (C=O) groups excluding carboxylic acids is 1. The first-order valence-electron chi connectivity index (χ1n) is 9.11. The molecule has 1 spiro atoms. The number of aliphatic hydroxyl groups excluding tert-OH is 2. The fraction of sp³-hybridized carbons (Fsp3) is 0.722. The number of rotatable bonds is 3. The van der Waals surface area contributed by atoms with Crippen molar-refractivity contribution in [2.45, 2.75) is 38.0 Å². The maximum absolute atomic E-state index is 12.7. The summed E-state index contributed by atoms with van der Waals surface area (Å²) in [7, 11) is 0. The van der Waals surface area contributed by atoms with Crippen LogP contribution in [0.15, 0.2) is 16.7 Å². The van der Waals surface area contributed by atoms with E-state index >= 15 is 0 Å². The van der Waals surface area contributed by atoms with Gasteiger partial charge in [0.1, 0.15) is 12.0 Å². The number of morpholine rings is 1. The number of carbonyl (C=O) groups is 1. The largest absolute Gasteiger partial charge is 0.467 e. The smallest absolute Gasteiger partial charge is 0.257 e. The Morgan fingerprint density at radius 1 is 1.16 bits per heavy atom. The summed E-state index contributed by atoms with van der Waals surface area (Å²) in [5.41, 5.74) is 0.184. The predicted molar refractivity (Wildman–Crippen MR) is 89.0 cm³/mol. The van der Waals surface area contributed by atoms with E-state index in [2.05, 4.69) is 4.90 Å². The van der Waals surface area contributed by atoms with E-state index in [1.54, 1.807) is 4.90 Å². The number of furan rings is 1. The highest BCUT2D eigenvalue weighted by Crippen LogP contribution is 2.49. The van der Waals surface area contributed by atoms with E-state index in [0.29, 0.717) is 44.5 Å². The van der Waals surface area contributed by atoms with Crippen LogP contribution in [0, 0.1) is 5.41 Å². The van der Waals surface area contributed by atoms with Crippen LogP contribution in [0.4, 0.5) is 0 Å². The van der Waals surface area contributed by atoms with Crippen molar-refractivity contribution in [3.8, 4) is 0 Å². The lowest BCUT2D eigenvalue weighted by molar-refractivity contribution is -0.187. The second-order valence-corrected chi connectivity index (χ2v) is 7.48. The van der Waals surface area contributed by atoms with Crippen LogP contribution < -0.4 is 0 Å². The lowest BCUT2D eigenvalue weighted by Crippen LogP contribution is -2.61. The van der Waals surface area contributed by atoms with Gasteiger partial charge in [0.15, 0.2) is 0 Å². The molecule has 2 atom stereocenters. The third-order valence-corrected chi connectivity index (χ3v) is 6.14. The number of amides is 1. The molecule has 7 nitrogen and oxygen atoms in total. The molecule has 1 aromatic rings. The first kappa shape index (κ1) is 17.0. The topological polar surface area (TPSA) is 86.4 Å². The number of hydrogen-bond donors (Lipinski definition) is 2. The Morgan fingerprint density at radius 2 is 1.84 bits per heavy atom. The van der Waals surface area contributed by atoms with Crippen molar-refractivity contribution in [2.75, 3.05) is 39.4 Å². The maximum Gasteiger partial charge on any atom is 0.257 e. The molecule has 2 saturated heterocycles. The number of nitrogens with zero attached hydrogens (tertiary/aromatic N) is 2. The lowest BCUT2D eigenvalue weighted by atomic mass is 9.58. The van der Waals surface area contributed by atoms with Gasteiger partial charge in [-0.3, -0.25) is 9.69 Å². The molecule has 1 saturated carbocycles. The molecular weight excluding hydrogens is 324 g/mol. The standard InChI is InChI=1S/C18H26N2O5/c21-15-10-16(22)18(15)1-3-20(4-2-18)17(23)13-9-14(25-12-13)11-19-5-7-24-8-6-19/h9,12,15-16,21-22H,1-8,10-11H2. The number of aliphatic hydroxyl groups is 2. The van der Waals surface area contributed by atoms with Gasteiger partial charge in [-0.05, 0) is 18.9 Å². The molecule has 138 valence electrons. The normalized spacial score (nSPS) is 29.6. The lowest BCUT2D eigenvalue weighted by Gasteiger charge is -2.54. The van der Waals surface area contributed by atoms with Crippen molar-refractivity contribution in [2.24, 2.45) is 5.41 Å². The van der Waals surface area contributed by atoms with Crippen LogP contribution in [0.1, 0.15) is 35.4 Å². The highest BCUT2D eigenvalue weighted by molar-refractivity contribution is 5.94. The van der Waals surface area contributed by atoms with Crippen LogP contribution in [0.2, 0.25) is 0 Å². The van der Waals surface area contributed by atoms with Crippen LogP contribution in [-0.2, 0) is 11.3 Å². The Hall–Kier alpha value is -1.41. The molecule has 1 aliphatic carbocycles. The molecule has 25 heavy (non-hydrogen) atoms. The summed E-state index contributed by atoms with van der Waals surface area (Å²) in [4.78, 5) is 16.7. The molecule has 2 aliphatic heterocycles. The van der Waals surface area contributed by atoms with E-state index in [0.717, 1.165) is 32.1 Å². The average Bonchev–Trinajstić information content (AvgIpc) is 3.11. The van der Waals surface area contributed by atoms with Gasteiger partial charge in [-0.2, -0.15) is 0 Å². The summed E-state index contributed by atoms with van der Waals surface area (Å²) in [5, 5.41) is 20.0. The summed E-state index contributed by atoms with van der Waals surface area (Å²) in [6.45, 7) is 5.05. The van der Waals surface area contributed by atoms with Gasteiger partial charge in [-0.15, -0.1) is 0 Å². The van der Waals surface area contributed by atoms with Crippen molar-refractivity contribution < 1.29 is 24.2 Å². The highest BCUT2D eigenvalue weighted by atomic mass is 16.5. The average molecular weight is 350 g/mol. The van der Waals surface area contributed by atoms with Gasteiger partial charge in [-0.1, -0.05) is 0 Å². The summed E-state index contributed by atoms with van der Waals surface area (Å²) in [6, 6.07) is 1.83. The SMILES string of the molecule is O=C(c1coc(CN2CCOCC2)c1)N1CCC2(CC1)C(O)CC2O. The number of ether oxygens (including phenoxy) is 1. The molecule has 2 unspecified atom stereocenters. The second kappa shape index (κ2) is 6.72. The molecule has 2 N–H and O–H groups in total. The third-order valence-electron chi connectivity index (χ3n) is 6.14. The minimum atomic E-state index is -0.436. The fourth-order valence-corrected chi connectivity index (χ4v) is 4.27. The number of piperidine rings is 1. The zero-order valence-electron chi connectivity index (χ0n) is 14.4. The van der Waals surface area contributed by atoms with Gasteiger partial charge in [0.2, 0.25) is 0 Å². The van der Waals surface area contributed by atoms with Crippen molar-refractivity contribution in [3.63, 3.8) is 0 Å². The van der Waals surface area contributed by atoms with Crippen molar-refractivity contribution in [3.05, 3.63) is 23.7 Å². The third kappa shape index (κ3) is 3.10. The van der Waals surface area contributed by atoms with Gasteiger partial charge in [0, 0.05) is 38.0 Å². The van der Waals surface area contributed by atoms with E-state index in [-0.39, 0.29) is 5.91 Å². The van der Waals surface area contributed by atoms with Gasteiger partial charge in [0.25, 0.3) is 5.91 Å². The van der Waals surface area contributed by atoms with Crippen molar-refractivity contribution in [1.29, 1.82) is 0 Å². The van der Waals surface area contributed by atoms with Crippen molar-refractivity contribution in [1.82, 2.24) is 9.80 Å². The quantitative estimate of drug-likeness (QED) is 0.824. The van der Waals surface area contributed by atoms with Crippen LogP contribution in [0.5, 0.6) is 0 Å². The minimum absolute atomic E-state index is 0.0323. The summed E-state index contributed by atoms with van der Waals surface area (Å²) in [6.07, 6.45) is 2.43. The van der Waals surface area contributed by atoms with E-state index < -0.39 is 17.6 Å². The van der Waals surface area contributed by atoms with Gasteiger partial charge in [-0.25, -0.2) is 0 Å². The maximum atomic E-state index is 12.7. The van der Waals surface area contributed by atoms with Gasteiger partial charge >= 0.3 is 0 Å².